The van der Waals surface area contributed by atoms with Gasteiger partial charge in [0.05, 0.1) is 24.6 Å². The summed E-state index contributed by atoms with van der Waals surface area (Å²) < 4.78 is 12.8. The highest BCUT2D eigenvalue weighted by Gasteiger charge is 2.23. The molecule has 2 aromatic rings. The molecule has 3 rings (SSSR count). The van der Waals surface area contributed by atoms with Crippen LogP contribution in [0.2, 0.25) is 0 Å². The third kappa shape index (κ3) is 1.79. The maximum absolute atomic E-state index is 5.95. The Morgan fingerprint density at radius 2 is 2.00 bits per heavy atom. The smallest absolute Gasteiger partial charge is 0.217 e. The van der Waals surface area contributed by atoms with Gasteiger partial charge in [-0.2, -0.15) is 0 Å². The SMILES string of the molecule is Nc1ccccc1-n1ccnc1C1OCCO1. The molecule has 1 saturated heterocycles. The summed E-state index contributed by atoms with van der Waals surface area (Å²) >= 11 is 0. The summed E-state index contributed by atoms with van der Waals surface area (Å²) in [4.78, 5) is 4.27. The fourth-order valence-electron chi connectivity index (χ4n) is 1.91. The molecule has 1 aliphatic heterocycles. The molecule has 2 heterocycles. The fraction of sp³-hybridized carbons (Fsp3) is 0.250. The number of rotatable bonds is 2. The number of benzene rings is 1. The molecule has 0 spiro atoms. The molecule has 2 N–H and O–H groups in total. The Balaban J connectivity index is 2.04. The molecule has 1 aromatic heterocycles. The molecule has 1 fully saturated rings. The first kappa shape index (κ1) is 10.3. The minimum Gasteiger partial charge on any atom is -0.397 e. The summed E-state index contributed by atoms with van der Waals surface area (Å²) in [5.74, 6) is 0.723. The van der Waals surface area contributed by atoms with Crippen molar-refractivity contribution in [3.8, 4) is 5.69 Å². The molecule has 0 bridgehead atoms. The third-order valence-corrected chi connectivity index (χ3v) is 2.70. The maximum atomic E-state index is 5.95. The van der Waals surface area contributed by atoms with E-state index in [-0.39, 0.29) is 0 Å². The van der Waals surface area contributed by atoms with Gasteiger partial charge in [-0.15, -0.1) is 0 Å². The molecule has 88 valence electrons. The Kier molecular flexibility index (Phi) is 2.55. The van der Waals surface area contributed by atoms with E-state index in [4.69, 9.17) is 15.2 Å². The monoisotopic (exact) mass is 231 g/mol. The molecule has 1 aliphatic rings. The molecule has 0 saturated carbocycles. The van der Waals surface area contributed by atoms with Crippen LogP contribution in [0.3, 0.4) is 0 Å². The van der Waals surface area contributed by atoms with Crippen molar-refractivity contribution < 1.29 is 9.47 Å². The molecule has 0 unspecified atom stereocenters. The van der Waals surface area contributed by atoms with Gasteiger partial charge in [-0.05, 0) is 12.1 Å². The van der Waals surface area contributed by atoms with Crippen LogP contribution >= 0.6 is 0 Å². The van der Waals surface area contributed by atoms with Gasteiger partial charge in [-0.3, -0.25) is 4.57 Å². The summed E-state index contributed by atoms with van der Waals surface area (Å²) in [6.45, 7) is 1.20. The zero-order chi connectivity index (χ0) is 11.7. The number of para-hydroxylation sites is 2. The Hall–Kier alpha value is -1.85. The predicted octanol–water partition coefficient (Wildman–Crippen LogP) is 1.50. The highest BCUT2D eigenvalue weighted by Crippen LogP contribution is 2.26. The van der Waals surface area contributed by atoms with Gasteiger partial charge in [0.1, 0.15) is 0 Å². The van der Waals surface area contributed by atoms with E-state index in [9.17, 15) is 0 Å². The average molecular weight is 231 g/mol. The van der Waals surface area contributed by atoms with Crippen molar-refractivity contribution in [3.05, 3.63) is 42.5 Å². The van der Waals surface area contributed by atoms with Gasteiger partial charge < -0.3 is 15.2 Å². The number of nitrogens with two attached hydrogens (primary N) is 1. The quantitative estimate of drug-likeness (QED) is 0.795. The summed E-state index contributed by atoms with van der Waals surface area (Å²) in [7, 11) is 0. The Labute approximate surface area is 98.8 Å². The van der Waals surface area contributed by atoms with Crippen LogP contribution in [-0.2, 0) is 9.47 Å². The van der Waals surface area contributed by atoms with E-state index < -0.39 is 6.29 Å². The molecule has 17 heavy (non-hydrogen) atoms. The van der Waals surface area contributed by atoms with E-state index in [1.165, 1.54) is 0 Å². The lowest BCUT2D eigenvalue weighted by atomic mass is 10.2. The Bertz CT molecular complexity index is 518. The van der Waals surface area contributed by atoms with Crippen molar-refractivity contribution in [3.63, 3.8) is 0 Å². The standard InChI is InChI=1S/C12H13N3O2/c13-9-3-1-2-4-10(9)15-6-5-14-11(15)12-16-7-8-17-12/h1-6,12H,7-8,13H2. The summed E-state index contributed by atoms with van der Waals surface area (Å²) in [5.41, 5.74) is 7.54. The van der Waals surface area contributed by atoms with Crippen LogP contribution in [0.25, 0.3) is 5.69 Å². The number of ether oxygens (including phenoxy) is 2. The van der Waals surface area contributed by atoms with Crippen molar-refractivity contribution in [1.29, 1.82) is 0 Å². The Morgan fingerprint density at radius 1 is 1.24 bits per heavy atom. The molecular weight excluding hydrogens is 218 g/mol. The second-order valence-electron chi connectivity index (χ2n) is 3.79. The minimum atomic E-state index is -0.399. The lowest BCUT2D eigenvalue weighted by molar-refractivity contribution is -0.0515. The highest BCUT2D eigenvalue weighted by molar-refractivity contribution is 5.57. The number of imidazole rings is 1. The van der Waals surface area contributed by atoms with Crippen molar-refractivity contribution in [2.45, 2.75) is 6.29 Å². The third-order valence-electron chi connectivity index (χ3n) is 2.70. The fourth-order valence-corrected chi connectivity index (χ4v) is 1.91. The van der Waals surface area contributed by atoms with Gasteiger partial charge >= 0.3 is 0 Å². The molecule has 0 aliphatic carbocycles. The van der Waals surface area contributed by atoms with E-state index >= 15 is 0 Å². The zero-order valence-electron chi connectivity index (χ0n) is 9.24. The van der Waals surface area contributed by atoms with Gasteiger partial charge in [-0.25, -0.2) is 4.98 Å². The van der Waals surface area contributed by atoms with E-state index in [2.05, 4.69) is 4.98 Å². The molecule has 0 radical (unpaired) electrons. The molecule has 1 aromatic carbocycles. The van der Waals surface area contributed by atoms with Crippen molar-refractivity contribution in [2.75, 3.05) is 18.9 Å². The number of nitrogen functional groups attached to an aromatic ring is 1. The van der Waals surface area contributed by atoms with Crippen LogP contribution in [0.5, 0.6) is 0 Å². The van der Waals surface area contributed by atoms with Crippen LogP contribution < -0.4 is 5.73 Å². The number of aromatic nitrogens is 2. The first-order valence-electron chi connectivity index (χ1n) is 5.47. The van der Waals surface area contributed by atoms with Gasteiger partial charge in [0.25, 0.3) is 0 Å². The van der Waals surface area contributed by atoms with Crippen LogP contribution in [-0.4, -0.2) is 22.8 Å². The number of nitrogens with zero attached hydrogens (tertiary/aromatic N) is 2. The molecule has 0 amide bonds. The second kappa shape index (κ2) is 4.20. The predicted molar refractivity (Wildman–Crippen MR) is 62.6 cm³/mol. The summed E-state index contributed by atoms with van der Waals surface area (Å²) in [5, 5.41) is 0. The van der Waals surface area contributed by atoms with E-state index in [0.717, 1.165) is 11.5 Å². The molecule has 0 atom stereocenters. The maximum Gasteiger partial charge on any atom is 0.217 e. The van der Waals surface area contributed by atoms with Crippen molar-refractivity contribution in [1.82, 2.24) is 9.55 Å². The number of hydrogen-bond acceptors (Lipinski definition) is 4. The van der Waals surface area contributed by atoms with Crippen LogP contribution in [0.4, 0.5) is 5.69 Å². The van der Waals surface area contributed by atoms with E-state index in [1.54, 1.807) is 6.20 Å². The van der Waals surface area contributed by atoms with Crippen molar-refractivity contribution in [2.24, 2.45) is 0 Å². The van der Waals surface area contributed by atoms with Gasteiger partial charge in [0.15, 0.2) is 5.82 Å². The normalized spacial score (nSPS) is 16.5. The summed E-state index contributed by atoms with van der Waals surface area (Å²) in [6.07, 6.45) is 3.17. The van der Waals surface area contributed by atoms with E-state index in [0.29, 0.717) is 18.9 Å². The van der Waals surface area contributed by atoms with Gasteiger partial charge in [0.2, 0.25) is 6.29 Å². The topological polar surface area (TPSA) is 62.3 Å². The van der Waals surface area contributed by atoms with Gasteiger partial charge in [-0.1, -0.05) is 12.1 Å². The highest BCUT2D eigenvalue weighted by atomic mass is 16.7. The first-order chi connectivity index (χ1) is 8.36. The second-order valence-corrected chi connectivity index (χ2v) is 3.79. The molecule has 5 nitrogen and oxygen atoms in total. The van der Waals surface area contributed by atoms with Crippen LogP contribution in [0.1, 0.15) is 12.1 Å². The number of hydrogen-bond donors (Lipinski definition) is 1. The summed E-state index contributed by atoms with van der Waals surface area (Å²) in [6, 6.07) is 7.63. The van der Waals surface area contributed by atoms with Crippen molar-refractivity contribution >= 4 is 5.69 Å². The minimum absolute atomic E-state index is 0.399. The number of anilines is 1. The lowest BCUT2D eigenvalue weighted by Gasteiger charge is -2.13. The lowest BCUT2D eigenvalue weighted by Crippen LogP contribution is -2.09. The zero-order valence-corrected chi connectivity index (χ0v) is 9.24. The largest absolute Gasteiger partial charge is 0.397 e. The average Bonchev–Trinajstić information content (AvgIpc) is 3.00. The molecule has 5 heteroatoms. The van der Waals surface area contributed by atoms with Gasteiger partial charge in [0, 0.05) is 12.4 Å². The van der Waals surface area contributed by atoms with E-state index in [1.807, 2.05) is 35.0 Å². The Morgan fingerprint density at radius 3 is 2.76 bits per heavy atom. The van der Waals surface area contributed by atoms with Crippen LogP contribution in [0, 0.1) is 0 Å². The molecular formula is C12H13N3O2. The first-order valence-corrected chi connectivity index (χ1v) is 5.47. The van der Waals surface area contributed by atoms with Crippen LogP contribution in [0.15, 0.2) is 36.7 Å².